The zero-order chi connectivity index (χ0) is 25.4. The summed E-state index contributed by atoms with van der Waals surface area (Å²) >= 11 is 5.79. The maximum atomic E-state index is 13.9. The van der Waals surface area contributed by atoms with E-state index in [4.69, 9.17) is 25.9 Å². The molecule has 2 fully saturated rings. The Kier molecular flexibility index (Phi) is 7.28. The van der Waals surface area contributed by atoms with Crippen molar-refractivity contribution in [2.24, 2.45) is 5.16 Å². The van der Waals surface area contributed by atoms with E-state index >= 15 is 0 Å². The number of aliphatic hydroxyl groups excluding tert-OH is 2. The van der Waals surface area contributed by atoms with Gasteiger partial charge in [0.2, 0.25) is 0 Å². The van der Waals surface area contributed by atoms with Crippen LogP contribution in [0.5, 0.6) is 0 Å². The van der Waals surface area contributed by atoms with Gasteiger partial charge in [0.05, 0.1) is 29.6 Å². The van der Waals surface area contributed by atoms with Crippen molar-refractivity contribution in [2.45, 2.75) is 81.0 Å². The molecule has 12 heteroatoms. The molecule has 1 saturated carbocycles. The first-order chi connectivity index (χ1) is 17.3. The van der Waals surface area contributed by atoms with Crippen molar-refractivity contribution in [3.05, 3.63) is 35.0 Å². The standard InChI is InChI=1S/C24H29ClF2N4O5/c1-34-23-18(9-14-10-24(36-29-14)5-3-2-4-6-24)35-19(12-32)22(33)21(23)31-11-17(28-30-31)13-7-15(25)20(27)16(26)8-13/h7-8,11,18-19,21-23,32-33H,2-6,9-10,12H2,1H3/t18-,19-,21+,22+,23+/m1/s1. The number of benzene rings is 1. The second kappa shape index (κ2) is 10.3. The van der Waals surface area contributed by atoms with Gasteiger partial charge in [-0.3, -0.25) is 0 Å². The molecule has 1 saturated heterocycles. The SMILES string of the molecule is CO[C@@H]1[C@@H](n2cc(-c3cc(F)c(F)c(Cl)c3)nn2)[C@@H](O)[C@@H](CO)O[C@@H]1CC1=NOC2(CCCCC2)C1. The topological polar surface area (TPSA) is 111 Å². The van der Waals surface area contributed by atoms with Gasteiger partial charge in [0.1, 0.15) is 35.6 Å². The third-order valence-corrected chi connectivity index (χ3v) is 7.70. The van der Waals surface area contributed by atoms with Crippen LogP contribution in [0.1, 0.15) is 51.0 Å². The Labute approximate surface area is 212 Å². The lowest BCUT2D eigenvalue weighted by atomic mass is 9.80. The third kappa shape index (κ3) is 4.74. The summed E-state index contributed by atoms with van der Waals surface area (Å²) in [5, 5.41) is 33.1. The van der Waals surface area contributed by atoms with Crippen LogP contribution >= 0.6 is 11.6 Å². The van der Waals surface area contributed by atoms with Crippen LogP contribution in [-0.2, 0) is 14.3 Å². The highest BCUT2D eigenvalue weighted by Crippen LogP contribution is 2.41. The first-order valence-electron chi connectivity index (χ1n) is 12.1. The molecule has 3 aliphatic rings. The van der Waals surface area contributed by atoms with Crippen molar-refractivity contribution in [1.29, 1.82) is 0 Å². The Bertz CT molecular complexity index is 1100. The Balaban J connectivity index is 1.39. The molecule has 1 aromatic heterocycles. The van der Waals surface area contributed by atoms with Gasteiger partial charge in [0.15, 0.2) is 11.6 Å². The number of hydrogen-bond acceptors (Lipinski definition) is 8. The van der Waals surface area contributed by atoms with Gasteiger partial charge in [-0.1, -0.05) is 28.4 Å². The number of hydrogen-bond donors (Lipinski definition) is 2. The molecule has 36 heavy (non-hydrogen) atoms. The molecule has 3 heterocycles. The van der Waals surface area contributed by atoms with Crippen LogP contribution in [0.2, 0.25) is 5.02 Å². The molecule has 2 aliphatic heterocycles. The minimum atomic E-state index is -1.18. The fourth-order valence-corrected chi connectivity index (χ4v) is 5.80. The Morgan fingerprint density at radius 3 is 2.69 bits per heavy atom. The van der Waals surface area contributed by atoms with Crippen LogP contribution in [0.4, 0.5) is 8.78 Å². The van der Waals surface area contributed by atoms with E-state index in [-0.39, 0.29) is 21.9 Å². The van der Waals surface area contributed by atoms with Crippen LogP contribution in [0, 0.1) is 11.6 Å². The minimum absolute atomic E-state index is 0.228. The van der Waals surface area contributed by atoms with Gasteiger partial charge < -0.3 is 24.5 Å². The molecule has 196 valence electrons. The Morgan fingerprint density at radius 1 is 1.22 bits per heavy atom. The molecule has 0 radical (unpaired) electrons. The summed E-state index contributed by atoms with van der Waals surface area (Å²) in [6, 6.07) is 1.45. The van der Waals surface area contributed by atoms with Crippen molar-refractivity contribution in [3.63, 3.8) is 0 Å². The van der Waals surface area contributed by atoms with Crippen LogP contribution < -0.4 is 0 Å². The normalized spacial score (nSPS) is 29.8. The quantitative estimate of drug-likeness (QED) is 0.555. The molecule has 0 bridgehead atoms. The van der Waals surface area contributed by atoms with Crippen LogP contribution in [0.25, 0.3) is 11.3 Å². The highest BCUT2D eigenvalue weighted by molar-refractivity contribution is 6.31. The number of aliphatic hydroxyl groups is 2. The second-order valence-electron chi connectivity index (χ2n) is 9.79. The summed E-state index contributed by atoms with van der Waals surface area (Å²) in [6.45, 7) is -0.419. The fraction of sp³-hybridized carbons (Fsp3) is 0.625. The lowest BCUT2D eigenvalue weighted by Crippen LogP contribution is -2.57. The number of rotatable bonds is 6. The van der Waals surface area contributed by atoms with E-state index in [1.165, 1.54) is 30.5 Å². The van der Waals surface area contributed by atoms with E-state index in [0.29, 0.717) is 12.8 Å². The van der Waals surface area contributed by atoms with Gasteiger partial charge in [-0.05, 0) is 37.8 Å². The number of aromatic nitrogens is 3. The summed E-state index contributed by atoms with van der Waals surface area (Å²) in [4.78, 5) is 5.87. The molecule has 0 amide bonds. The Morgan fingerprint density at radius 2 is 2.00 bits per heavy atom. The summed E-state index contributed by atoms with van der Waals surface area (Å²) in [6.07, 6.45) is 4.68. The second-order valence-corrected chi connectivity index (χ2v) is 10.2. The van der Waals surface area contributed by atoms with E-state index in [2.05, 4.69) is 15.5 Å². The largest absolute Gasteiger partial charge is 0.394 e. The van der Waals surface area contributed by atoms with Gasteiger partial charge in [-0.15, -0.1) is 5.10 Å². The summed E-state index contributed by atoms with van der Waals surface area (Å²) in [5.41, 5.74) is 1.07. The summed E-state index contributed by atoms with van der Waals surface area (Å²) < 4.78 is 40.7. The van der Waals surface area contributed by atoms with E-state index < -0.39 is 48.7 Å². The molecule has 0 unspecified atom stereocenters. The number of halogens is 3. The molecule has 1 spiro atoms. The van der Waals surface area contributed by atoms with E-state index in [9.17, 15) is 19.0 Å². The van der Waals surface area contributed by atoms with Crippen molar-refractivity contribution in [2.75, 3.05) is 13.7 Å². The average Bonchev–Trinajstić information content (AvgIpc) is 3.51. The van der Waals surface area contributed by atoms with Gasteiger partial charge in [0, 0.05) is 25.5 Å². The first kappa shape index (κ1) is 25.5. The number of oxime groups is 1. The molecule has 9 nitrogen and oxygen atoms in total. The highest BCUT2D eigenvalue weighted by Gasteiger charge is 2.49. The molecule has 2 aromatic rings. The zero-order valence-corrected chi connectivity index (χ0v) is 20.6. The van der Waals surface area contributed by atoms with Crippen LogP contribution in [0.3, 0.4) is 0 Å². The molecular formula is C24H29ClF2N4O5. The van der Waals surface area contributed by atoms with Crippen molar-refractivity contribution < 1.29 is 33.3 Å². The van der Waals surface area contributed by atoms with Gasteiger partial charge >= 0.3 is 0 Å². The average molecular weight is 527 g/mol. The van der Waals surface area contributed by atoms with Crippen molar-refractivity contribution in [1.82, 2.24) is 15.0 Å². The smallest absolute Gasteiger partial charge is 0.177 e. The van der Waals surface area contributed by atoms with Crippen molar-refractivity contribution >= 4 is 17.3 Å². The zero-order valence-electron chi connectivity index (χ0n) is 19.8. The van der Waals surface area contributed by atoms with E-state index in [0.717, 1.165) is 37.5 Å². The van der Waals surface area contributed by atoms with Gasteiger partial charge in [0.25, 0.3) is 0 Å². The fourth-order valence-electron chi connectivity index (χ4n) is 5.59. The van der Waals surface area contributed by atoms with Gasteiger partial charge in [-0.2, -0.15) is 0 Å². The maximum Gasteiger partial charge on any atom is 0.177 e. The number of ether oxygens (including phenoxy) is 2. The molecule has 5 atom stereocenters. The number of nitrogens with zero attached hydrogens (tertiary/aromatic N) is 4. The lowest BCUT2D eigenvalue weighted by Gasteiger charge is -2.43. The Hall–Kier alpha value is -2.18. The molecule has 1 aromatic carbocycles. The molecule has 2 N–H and O–H groups in total. The molecular weight excluding hydrogens is 498 g/mol. The number of methoxy groups -OCH3 is 1. The summed E-state index contributed by atoms with van der Waals surface area (Å²) in [7, 11) is 1.50. The minimum Gasteiger partial charge on any atom is -0.394 e. The predicted octanol–water partition coefficient (Wildman–Crippen LogP) is 3.42. The summed E-state index contributed by atoms with van der Waals surface area (Å²) in [5.74, 6) is -2.25. The van der Waals surface area contributed by atoms with E-state index in [1.54, 1.807) is 0 Å². The molecule has 1 aliphatic carbocycles. The predicted molar refractivity (Wildman–Crippen MR) is 126 cm³/mol. The monoisotopic (exact) mass is 526 g/mol. The van der Waals surface area contributed by atoms with Crippen molar-refractivity contribution in [3.8, 4) is 11.3 Å². The molecule has 5 rings (SSSR count). The lowest BCUT2D eigenvalue weighted by molar-refractivity contribution is -0.210. The van der Waals surface area contributed by atoms with E-state index in [1.807, 2.05) is 0 Å². The third-order valence-electron chi connectivity index (χ3n) is 7.43. The maximum absolute atomic E-state index is 13.9. The highest BCUT2D eigenvalue weighted by atomic mass is 35.5. The first-order valence-corrected chi connectivity index (χ1v) is 12.5. The van der Waals surface area contributed by atoms with Gasteiger partial charge in [-0.25, -0.2) is 13.5 Å². The van der Waals surface area contributed by atoms with Crippen LogP contribution in [0.15, 0.2) is 23.5 Å². The van der Waals surface area contributed by atoms with Crippen LogP contribution in [-0.4, -0.2) is 74.7 Å².